The van der Waals surface area contributed by atoms with E-state index in [-0.39, 0.29) is 0 Å². The predicted molar refractivity (Wildman–Crippen MR) is 64.8 cm³/mol. The fourth-order valence-electron chi connectivity index (χ4n) is 3.42. The van der Waals surface area contributed by atoms with Crippen LogP contribution in [-0.4, -0.2) is 30.1 Å². The zero-order chi connectivity index (χ0) is 10.7. The maximum atomic E-state index is 5.99. The van der Waals surface area contributed by atoms with Crippen LogP contribution in [0.25, 0.3) is 0 Å². The van der Waals surface area contributed by atoms with Crippen molar-refractivity contribution in [2.24, 2.45) is 11.7 Å². The molecule has 0 spiro atoms. The van der Waals surface area contributed by atoms with Crippen LogP contribution < -0.4 is 5.73 Å². The van der Waals surface area contributed by atoms with Crippen molar-refractivity contribution in [2.75, 3.05) is 13.1 Å². The van der Waals surface area contributed by atoms with E-state index in [9.17, 15) is 0 Å². The van der Waals surface area contributed by atoms with Gasteiger partial charge in [-0.1, -0.05) is 26.2 Å². The van der Waals surface area contributed by atoms with Crippen LogP contribution in [0.15, 0.2) is 0 Å². The Morgan fingerprint density at radius 2 is 1.80 bits per heavy atom. The second-order valence-electron chi connectivity index (χ2n) is 5.26. The highest BCUT2D eigenvalue weighted by molar-refractivity contribution is 4.89. The number of likely N-dealkylation sites (N-methyl/N-ethyl adjacent to an activating group) is 1. The molecule has 2 fully saturated rings. The topological polar surface area (TPSA) is 29.3 Å². The highest BCUT2D eigenvalue weighted by Crippen LogP contribution is 2.35. The Kier molecular flexibility index (Phi) is 4.04. The van der Waals surface area contributed by atoms with Gasteiger partial charge in [0, 0.05) is 18.6 Å². The fourth-order valence-corrected chi connectivity index (χ4v) is 3.42. The number of nitrogens with two attached hydrogens (primary N) is 1. The molecule has 2 nitrogen and oxygen atoms in total. The van der Waals surface area contributed by atoms with Gasteiger partial charge in [0.25, 0.3) is 0 Å². The van der Waals surface area contributed by atoms with Crippen molar-refractivity contribution < 1.29 is 0 Å². The quantitative estimate of drug-likeness (QED) is 0.755. The Bertz CT molecular complexity index is 183. The molecule has 0 saturated heterocycles. The van der Waals surface area contributed by atoms with Crippen LogP contribution in [0.1, 0.15) is 51.9 Å². The minimum absolute atomic E-state index is 0.687. The summed E-state index contributed by atoms with van der Waals surface area (Å²) in [6.45, 7) is 4.37. The third-order valence-electron chi connectivity index (χ3n) is 4.52. The summed E-state index contributed by atoms with van der Waals surface area (Å²) in [6, 6.07) is 1.54. The maximum Gasteiger partial charge on any atom is 0.0249 e. The van der Waals surface area contributed by atoms with Gasteiger partial charge in [0.15, 0.2) is 0 Å². The first-order valence-electron chi connectivity index (χ1n) is 6.82. The van der Waals surface area contributed by atoms with E-state index in [0.717, 1.165) is 18.5 Å². The summed E-state index contributed by atoms with van der Waals surface area (Å²) < 4.78 is 0. The van der Waals surface area contributed by atoms with Gasteiger partial charge in [-0.25, -0.2) is 0 Å². The molecule has 0 bridgehead atoms. The first-order chi connectivity index (χ1) is 7.36. The molecule has 88 valence electrons. The van der Waals surface area contributed by atoms with Crippen LogP contribution in [0.5, 0.6) is 0 Å². The van der Waals surface area contributed by atoms with Crippen LogP contribution >= 0.6 is 0 Å². The Morgan fingerprint density at radius 3 is 2.20 bits per heavy atom. The Hall–Kier alpha value is -0.0800. The highest BCUT2D eigenvalue weighted by Gasteiger charge is 2.34. The minimum Gasteiger partial charge on any atom is -0.329 e. The SMILES string of the molecule is CCN(C1CCCC1)C(CN)C1CCC1. The Labute approximate surface area is 94.2 Å². The molecular formula is C13H26N2. The molecule has 2 rings (SSSR count). The van der Waals surface area contributed by atoms with Crippen LogP contribution in [-0.2, 0) is 0 Å². The standard InChI is InChI=1S/C13H26N2/c1-2-15(12-8-3-4-9-12)13(10-14)11-6-5-7-11/h11-13H,2-10,14H2,1H3. The Morgan fingerprint density at radius 1 is 1.13 bits per heavy atom. The number of rotatable bonds is 5. The van der Waals surface area contributed by atoms with Gasteiger partial charge in [-0.15, -0.1) is 0 Å². The third-order valence-corrected chi connectivity index (χ3v) is 4.52. The summed E-state index contributed by atoms with van der Waals surface area (Å²) in [5.41, 5.74) is 5.99. The molecule has 2 saturated carbocycles. The average Bonchev–Trinajstić information content (AvgIpc) is 2.67. The molecule has 1 unspecified atom stereocenters. The molecule has 0 amide bonds. The molecule has 0 heterocycles. The van der Waals surface area contributed by atoms with Crippen molar-refractivity contribution in [3.05, 3.63) is 0 Å². The summed E-state index contributed by atoms with van der Waals surface area (Å²) in [5.74, 6) is 0.913. The smallest absolute Gasteiger partial charge is 0.0249 e. The molecule has 15 heavy (non-hydrogen) atoms. The normalized spacial score (nSPS) is 25.8. The van der Waals surface area contributed by atoms with Gasteiger partial charge in [-0.3, -0.25) is 4.90 Å². The highest BCUT2D eigenvalue weighted by atomic mass is 15.2. The summed E-state index contributed by atoms with van der Waals surface area (Å²) in [6.07, 6.45) is 9.97. The van der Waals surface area contributed by atoms with Crippen LogP contribution in [0.2, 0.25) is 0 Å². The number of hydrogen-bond donors (Lipinski definition) is 1. The van der Waals surface area contributed by atoms with E-state index in [1.54, 1.807) is 0 Å². The summed E-state index contributed by atoms with van der Waals surface area (Å²) >= 11 is 0. The molecule has 0 radical (unpaired) electrons. The van der Waals surface area contributed by atoms with E-state index in [1.807, 2.05) is 0 Å². The van der Waals surface area contributed by atoms with Crippen molar-refractivity contribution in [1.29, 1.82) is 0 Å². The van der Waals surface area contributed by atoms with Gasteiger partial charge in [0.05, 0.1) is 0 Å². The fraction of sp³-hybridized carbons (Fsp3) is 1.00. The first kappa shape index (κ1) is 11.4. The van der Waals surface area contributed by atoms with Crippen LogP contribution in [0.3, 0.4) is 0 Å². The molecule has 0 aromatic heterocycles. The molecule has 0 aromatic rings. The maximum absolute atomic E-state index is 5.99. The van der Waals surface area contributed by atoms with Crippen molar-refractivity contribution in [2.45, 2.75) is 64.0 Å². The summed E-state index contributed by atoms with van der Waals surface area (Å²) in [4.78, 5) is 2.72. The van der Waals surface area contributed by atoms with E-state index in [1.165, 1.54) is 51.5 Å². The molecular weight excluding hydrogens is 184 g/mol. The zero-order valence-electron chi connectivity index (χ0n) is 10.1. The molecule has 2 N–H and O–H groups in total. The second-order valence-corrected chi connectivity index (χ2v) is 5.26. The molecule has 0 aliphatic heterocycles. The van der Waals surface area contributed by atoms with E-state index in [2.05, 4.69) is 11.8 Å². The molecule has 2 heteroatoms. The van der Waals surface area contributed by atoms with Crippen LogP contribution in [0.4, 0.5) is 0 Å². The summed E-state index contributed by atoms with van der Waals surface area (Å²) in [5, 5.41) is 0. The molecule has 2 aliphatic rings. The number of nitrogens with zero attached hydrogens (tertiary/aromatic N) is 1. The Balaban J connectivity index is 1.95. The zero-order valence-corrected chi connectivity index (χ0v) is 10.1. The van der Waals surface area contributed by atoms with E-state index in [4.69, 9.17) is 5.73 Å². The van der Waals surface area contributed by atoms with Gasteiger partial charge >= 0.3 is 0 Å². The van der Waals surface area contributed by atoms with Crippen molar-refractivity contribution in [3.63, 3.8) is 0 Å². The molecule has 2 aliphatic carbocycles. The second kappa shape index (κ2) is 5.31. The van der Waals surface area contributed by atoms with Gasteiger partial charge in [0.2, 0.25) is 0 Å². The molecule has 0 aromatic carbocycles. The monoisotopic (exact) mass is 210 g/mol. The lowest BCUT2D eigenvalue weighted by atomic mass is 9.78. The number of hydrogen-bond acceptors (Lipinski definition) is 2. The van der Waals surface area contributed by atoms with Crippen molar-refractivity contribution in [3.8, 4) is 0 Å². The van der Waals surface area contributed by atoms with Crippen molar-refractivity contribution >= 4 is 0 Å². The molecule has 1 atom stereocenters. The lowest BCUT2D eigenvalue weighted by Gasteiger charge is -2.43. The van der Waals surface area contributed by atoms with Gasteiger partial charge in [0.1, 0.15) is 0 Å². The van der Waals surface area contributed by atoms with E-state index in [0.29, 0.717) is 6.04 Å². The third kappa shape index (κ3) is 2.36. The first-order valence-corrected chi connectivity index (χ1v) is 6.82. The van der Waals surface area contributed by atoms with Gasteiger partial charge < -0.3 is 5.73 Å². The average molecular weight is 210 g/mol. The van der Waals surface area contributed by atoms with E-state index >= 15 is 0 Å². The lowest BCUT2D eigenvalue weighted by Crippen LogP contribution is -2.51. The largest absolute Gasteiger partial charge is 0.329 e. The minimum atomic E-state index is 0.687. The lowest BCUT2D eigenvalue weighted by molar-refractivity contribution is 0.0691. The predicted octanol–water partition coefficient (Wildman–Crippen LogP) is 2.38. The van der Waals surface area contributed by atoms with Gasteiger partial charge in [-0.2, -0.15) is 0 Å². The summed E-state index contributed by atoms with van der Waals surface area (Å²) in [7, 11) is 0. The van der Waals surface area contributed by atoms with E-state index < -0.39 is 0 Å². The van der Waals surface area contributed by atoms with Crippen LogP contribution in [0, 0.1) is 5.92 Å². The van der Waals surface area contributed by atoms with Gasteiger partial charge in [-0.05, 0) is 38.1 Å². The van der Waals surface area contributed by atoms with Crippen molar-refractivity contribution in [1.82, 2.24) is 4.90 Å².